The molecule has 0 aliphatic carbocycles. The second kappa shape index (κ2) is 5.95. The molecule has 1 heterocycles. The van der Waals surface area contributed by atoms with Crippen molar-refractivity contribution in [1.29, 1.82) is 0 Å². The molecule has 0 spiro atoms. The van der Waals surface area contributed by atoms with E-state index in [4.69, 9.17) is 10.6 Å². The zero-order valence-corrected chi connectivity index (χ0v) is 11.3. The molecule has 0 amide bonds. The molecule has 4 nitrogen and oxygen atoms in total. The summed E-state index contributed by atoms with van der Waals surface area (Å²) < 4.78 is 5.70. The Morgan fingerprint density at radius 2 is 2.06 bits per heavy atom. The summed E-state index contributed by atoms with van der Waals surface area (Å²) in [4.78, 5) is 8.88. The molecule has 2 N–H and O–H groups in total. The lowest BCUT2D eigenvalue weighted by Gasteiger charge is -2.06. The highest BCUT2D eigenvalue weighted by atomic mass is 32.1. The van der Waals surface area contributed by atoms with Crippen LogP contribution in [0.3, 0.4) is 0 Å². The minimum Gasteiger partial charge on any atom is -0.486 e. The second-order valence-corrected chi connectivity index (χ2v) is 5.02. The average Bonchev–Trinajstić information content (AvgIpc) is 2.79. The third kappa shape index (κ3) is 3.29. The van der Waals surface area contributed by atoms with Gasteiger partial charge in [-0.05, 0) is 37.1 Å². The zero-order chi connectivity index (χ0) is 13.0. The van der Waals surface area contributed by atoms with Crippen LogP contribution in [0.15, 0.2) is 23.6 Å². The van der Waals surface area contributed by atoms with Crippen molar-refractivity contribution in [2.45, 2.75) is 27.1 Å². The Balaban J connectivity index is 1.95. The van der Waals surface area contributed by atoms with Gasteiger partial charge in [0.05, 0.1) is 5.69 Å². The number of rotatable bonds is 5. The number of hydrogen-bond acceptors (Lipinski definition) is 5. The molecule has 96 valence electrons. The Bertz CT molecular complexity index is 525. The van der Waals surface area contributed by atoms with Gasteiger partial charge in [0.25, 0.3) is 0 Å². The van der Waals surface area contributed by atoms with E-state index in [9.17, 15) is 0 Å². The largest absolute Gasteiger partial charge is 0.486 e. The molecule has 2 rings (SSSR count). The highest BCUT2D eigenvalue weighted by molar-refractivity contribution is 7.09. The first kappa shape index (κ1) is 13.0. The summed E-state index contributed by atoms with van der Waals surface area (Å²) in [6, 6.07) is 6.06. The molecule has 0 fully saturated rings. The SMILES string of the molecule is Cc1ccc(OCc2nc(CON)cs2)cc1C. The number of thiazole rings is 1. The number of aryl methyl sites for hydroxylation is 2. The Kier molecular flexibility index (Phi) is 4.30. The van der Waals surface area contributed by atoms with Crippen molar-refractivity contribution in [3.8, 4) is 5.75 Å². The number of ether oxygens (including phenoxy) is 1. The number of hydrogen-bond donors (Lipinski definition) is 1. The smallest absolute Gasteiger partial charge is 0.140 e. The molecule has 18 heavy (non-hydrogen) atoms. The molecule has 0 atom stereocenters. The molecule has 0 aliphatic heterocycles. The van der Waals surface area contributed by atoms with Crippen LogP contribution in [0, 0.1) is 13.8 Å². The molecule has 1 aromatic heterocycles. The van der Waals surface area contributed by atoms with Crippen molar-refractivity contribution in [3.63, 3.8) is 0 Å². The summed E-state index contributed by atoms with van der Waals surface area (Å²) in [6.07, 6.45) is 0. The number of nitrogens with two attached hydrogens (primary N) is 1. The van der Waals surface area contributed by atoms with E-state index >= 15 is 0 Å². The van der Waals surface area contributed by atoms with Crippen LogP contribution in [0.4, 0.5) is 0 Å². The molecule has 1 aromatic carbocycles. The summed E-state index contributed by atoms with van der Waals surface area (Å²) in [7, 11) is 0. The highest BCUT2D eigenvalue weighted by Crippen LogP contribution is 2.19. The summed E-state index contributed by atoms with van der Waals surface area (Å²) in [5.74, 6) is 5.86. The molecule has 0 aliphatic rings. The minimum absolute atomic E-state index is 0.333. The summed E-state index contributed by atoms with van der Waals surface area (Å²) in [6.45, 7) is 4.96. The van der Waals surface area contributed by atoms with Gasteiger partial charge in [0.15, 0.2) is 0 Å². The zero-order valence-electron chi connectivity index (χ0n) is 10.5. The summed E-state index contributed by atoms with van der Waals surface area (Å²) in [5.41, 5.74) is 3.32. The van der Waals surface area contributed by atoms with Gasteiger partial charge in [0, 0.05) is 5.38 Å². The van der Waals surface area contributed by atoms with Crippen LogP contribution in [-0.2, 0) is 18.1 Å². The van der Waals surface area contributed by atoms with Crippen LogP contribution in [0.5, 0.6) is 5.75 Å². The molecular formula is C13H16N2O2S. The highest BCUT2D eigenvalue weighted by Gasteiger charge is 2.03. The first-order valence-corrected chi connectivity index (χ1v) is 6.52. The lowest BCUT2D eigenvalue weighted by molar-refractivity contribution is 0.121. The van der Waals surface area contributed by atoms with Crippen molar-refractivity contribution in [3.05, 3.63) is 45.4 Å². The van der Waals surface area contributed by atoms with Crippen molar-refractivity contribution in [1.82, 2.24) is 4.98 Å². The fourth-order valence-corrected chi connectivity index (χ4v) is 2.21. The van der Waals surface area contributed by atoms with Crippen molar-refractivity contribution in [2.75, 3.05) is 0 Å². The summed E-state index contributed by atoms with van der Waals surface area (Å²) in [5, 5.41) is 2.84. The normalized spacial score (nSPS) is 10.6. The van der Waals surface area contributed by atoms with Gasteiger partial charge in [-0.25, -0.2) is 10.9 Å². The van der Waals surface area contributed by atoms with E-state index in [0.29, 0.717) is 13.2 Å². The van der Waals surface area contributed by atoms with Crippen LogP contribution in [0.25, 0.3) is 0 Å². The molecule has 0 unspecified atom stereocenters. The van der Waals surface area contributed by atoms with E-state index in [2.05, 4.69) is 29.7 Å². The first-order valence-electron chi connectivity index (χ1n) is 5.64. The third-order valence-electron chi connectivity index (χ3n) is 2.67. The van der Waals surface area contributed by atoms with Gasteiger partial charge in [-0.1, -0.05) is 6.07 Å². The Hall–Kier alpha value is -1.43. The number of nitrogens with zero attached hydrogens (tertiary/aromatic N) is 1. The maximum Gasteiger partial charge on any atom is 0.140 e. The lowest BCUT2D eigenvalue weighted by Crippen LogP contribution is -2.00. The van der Waals surface area contributed by atoms with E-state index in [1.165, 1.54) is 11.1 Å². The molecule has 0 bridgehead atoms. The Morgan fingerprint density at radius 1 is 1.22 bits per heavy atom. The van der Waals surface area contributed by atoms with E-state index in [1.807, 2.05) is 17.5 Å². The van der Waals surface area contributed by atoms with Gasteiger partial charge in [-0.3, -0.25) is 4.84 Å². The quantitative estimate of drug-likeness (QED) is 0.844. The van der Waals surface area contributed by atoms with Crippen molar-refractivity contribution < 1.29 is 9.57 Å². The van der Waals surface area contributed by atoms with E-state index in [1.54, 1.807) is 11.3 Å². The van der Waals surface area contributed by atoms with Crippen LogP contribution >= 0.6 is 11.3 Å². The van der Waals surface area contributed by atoms with Gasteiger partial charge >= 0.3 is 0 Å². The van der Waals surface area contributed by atoms with Crippen molar-refractivity contribution >= 4 is 11.3 Å². The molecule has 0 radical (unpaired) electrons. The molecule has 2 aromatic rings. The standard InChI is InChI=1S/C13H16N2O2S/c1-9-3-4-12(5-10(9)2)16-7-13-15-11(6-17-14)8-18-13/h3-5,8H,6-7,14H2,1-2H3. The minimum atomic E-state index is 0.333. The van der Waals surface area contributed by atoms with Gasteiger partial charge in [-0.15, -0.1) is 11.3 Å². The van der Waals surface area contributed by atoms with Crippen LogP contribution in [-0.4, -0.2) is 4.98 Å². The lowest BCUT2D eigenvalue weighted by atomic mass is 10.1. The molecular weight excluding hydrogens is 248 g/mol. The fourth-order valence-electron chi connectivity index (χ4n) is 1.52. The van der Waals surface area contributed by atoms with Crippen LogP contribution in [0.1, 0.15) is 21.8 Å². The van der Waals surface area contributed by atoms with Gasteiger partial charge in [0.2, 0.25) is 0 Å². The van der Waals surface area contributed by atoms with E-state index < -0.39 is 0 Å². The second-order valence-electron chi connectivity index (χ2n) is 4.08. The molecule has 0 saturated carbocycles. The summed E-state index contributed by atoms with van der Waals surface area (Å²) >= 11 is 1.54. The monoisotopic (exact) mass is 264 g/mol. The maximum atomic E-state index is 5.70. The first-order chi connectivity index (χ1) is 8.69. The van der Waals surface area contributed by atoms with Crippen LogP contribution < -0.4 is 10.6 Å². The fraction of sp³-hybridized carbons (Fsp3) is 0.308. The van der Waals surface area contributed by atoms with Gasteiger partial charge in [-0.2, -0.15) is 0 Å². The average molecular weight is 264 g/mol. The number of aromatic nitrogens is 1. The number of benzene rings is 1. The van der Waals surface area contributed by atoms with Gasteiger partial charge < -0.3 is 4.74 Å². The van der Waals surface area contributed by atoms with Crippen LogP contribution in [0.2, 0.25) is 0 Å². The topological polar surface area (TPSA) is 57.4 Å². The van der Waals surface area contributed by atoms with E-state index in [0.717, 1.165) is 16.5 Å². The third-order valence-corrected chi connectivity index (χ3v) is 3.54. The van der Waals surface area contributed by atoms with E-state index in [-0.39, 0.29) is 0 Å². The van der Waals surface area contributed by atoms with Gasteiger partial charge in [0.1, 0.15) is 24.0 Å². The molecule has 0 saturated heterocycles. The Labute approximate surface area is 110 Å². The predicted molar refractivity (Wildman–Crippen MR) is 71.3 cm³/mol. The predicted octanol–water partition coefficient (Wildman–Crippen LogP) is 2.73. The maximum absolute atomic E-state index is 5.70. The Morgan fingerprint density at radius 3 is 2.78 bits per heavy atom. The molecule has 5 heteroatoms. The van der Waals surface area contributed by atoms with Crippen molar-refractivity contribution in [2.24, 2.45) is 5.90 Å².